The highest BCUT2D eigenvalue weighted by atomic mass is 32.1. The summed E-state index contributed by atoms with van der Waals surface area (Å²) < 4.78 is 12.3. The van der Waals surface area contributed by atoms with Gasteiger partial charge in [-0.3, -0.25) is 4.79 Å². The van der Waals surface area contributed by atoms with Crippen LogP contribution < -0.4 is 5.46 Å². The number of amides is 1. The zero-order valence-electron chi connectivity index (χ0n) is 16.9. The van der Waals surface area contributed by atoms with Gasteiger partial charge in [-0.25, -0.2) is 4.98 Å². The van der Waals surface area contributed by atoms with Crippen molar-refractivity contribution in [2.75, 3.05) is 13.6 Å². The van der Waals surface area contributed by atoms with Crippen LogP contribution in [0.3, 0.4) is 0 Å². The van der Waals surface area contributed by atoms with Gasteiger partial charge in [-0.1, -0.05) is 24.3 Å². The van der Waals surface area contributed by atoms with Crippen LogP contribution in [0.4, 0.5) is 0 Å². The minimum atomic E-state index is -1.52. The molecule has 2 aliphatic rings. The first kappa shape index (κ1) is 19.6. The number of carbonyl (C=O) groups excluding carboxylic acids is 1. The topological polar surface area (TPSA) is 71.9 Å². The van der Waals surface area contributed by atoms with Crippen LogP contribution in [-0.4, -0.2) is 52.8 Å². The van der Waals surface area contributed by atoms with Crippen LogP contribution in [0.1, 0.15) is 39.8 Å². The highest BCUT2D eigenvalue weighted by Gasteiger charge is 2.52. The average molecular weight is 400 g/mol. The van der Waals surface area contributed by atoms with Gasteiger partial charge >= 0.3 is 7.12 Å². The molecule has 2 saturated heterocycles. The van der Waals surface area contributed by atoms with Crippen LogP contribution >= 0.6 is 11.3 Å². The summed E-state index contributed by atoms with van der Waals surface area (Å²) in [5, 5.41) is 13.3. The molecule has 0 bridgehead atoms. The fourth-order valence-corrected chi connectivity index (χ4v) is 4.37. The maximum Gasteiger partial charge on any atom is 0.494 e. The Bertz CT molecular complexity index is 912. The van der Waals surface area contributed by atoms with Gasteiger partial charge in [-0.15, -0.1) is 11.3 Å². The van der Waals surface area contributed by atoms with E-state index in [9.17, 15) is 9.90 Å². The van der Waals surface area contributed by atoms with Crippen LogP contribution in [0.2, 0.25) is 0 Å². The van der Waals surface area contributed by atoms with Gasteiger partial charge in [-0.2, -0.15) is 0 Å². The van der Waals surface area contributed by atoms with Crippen molar-refractivity contribution < 1.29 is 19.2 Å². The van der Waals surface area contributed by atoms with Crippen molar-refractivity contribution in [3.8, 4) is 10.6 Å². The number of thiazole rings is 1. The smallest absolute Gasteiger partial charge is 0.399 e. The molecule has 6 nitrogen and oxygen atoms in total. The molecule has 0 saturated carbocycles. The number of benzene rings is 1. The molecule has 148 valence electrons. The Kier molecular flexibility index (Phi) is 4.46. The molecule has 4 rings (SSSR count). The molecule has 1 atom stereocenters. The van der Waals surface area contributed by atoms with Gasteiger partial charge in [0.25, 0.3) is 5.91 Å². The Hall–Kier alpha value is -1.74. The molecule has 2 aliphatic heterocycles. The van der Waals surface area contributed by atoms with Gasteiger partial charge in [0.2, 0.25) is 0 Å². The molecule has 0 aliphatic carbocycles. The molecule has 8 heteroatoms. The second-order valence-electron chi connectivity index (χ2n) is 8.59. The molecule has 0 spiro atoms. The Morgan fingerprint density at radius 2 is 1.89 bits per heavy atom. The van der Waals surface area contributed by atoms with Gasteiger partial charge in [0.05, 0.1) is 16.9 Å². The van der Waals surface area contributed by atoms with E-state index in [1.165, 1.54) is 16.2 Å². The first-order chi connectivity index (χ1) is 13.0. The van der Waals surface area contributed by atoms with Crippen molar-refractivity contribution >= 4 is 29.8 Å². The number of aliphatic hydroxyl groups is 1. The lowest BCUT2D eigenvalue weighted by molar-refractivity contribution is -0.143. The SMILES string of the molecule is CN1CC[C@@](O)(c2csc(-c3cccc(B4OC(C)(C)C(C)(C)O4)c3)n2)C1=O. The molecule has 1 aromatic carbocycles. The summed E-state index contributed by atoms with van der Waals surface area (Å²) in [6.07, 6.45) is 0.361. The maximum atomic E-state index is 12.3. The van der Waals surface area contributed by atoms with Crippen molar-refractivity contribution in [3.05, 3.63) is 35.3 Å². The highest BCUT2D eigenvalue weighted by Crippen LogP contribution is 2.38. The van der Waals surface area contributed by atoms with Crippen LogP contribution in [0.25, 0.3) is 10.6 Å². The predicted octanol–water partition coefficient (Wildman–Crippen LogP) is 2.16. The van der Waals surface area contributed by atoms with Gasteiger partial charge in [0.15, 0.2) is 5.60 Å². The number of rotatable bonds is 3. The van der Waals surface area contributed by atoms with E-state index in [0.717, 1.165) is 16.0 Å². The standard InChI is InChI=1S/C20H25BN2O4S/c1-18(2)19(3,4)27-21(26-18)14-8-6-7-13(11-14)16-22-15(12-28-16)20(25)9-10-23(5)17(20)24/h6-8,11-12,25H,9-10H2,1-5H3/t20-/m1/s1. The predicted molar refractivity (Wildman–Crippen MR) is 109 cm³/mol. The van der Waals surface area contributed by atoms with Crippen LogP contribution in [0.5, 0.6) is 0 Å². The lowest BCUT2D eigenvalue weighted by Crippen LogP contribution is -2.41. The van der Waals surface area contributed by atoms with Gasteiger partial charge in [0, 0.05) is 31.0 Å². The van der Waals surface area contributed by atoms with Crippen molar-refractivity contribution in [1.82, 2.24) is 9.88 Å². The Labute approximate surface area is 169 Å². The number of likely N-dealkylation sites (tertiary alicyclic amines) is 1. The number of aromatic nitrogens is 1. The minimum Gasteiger partial charge on any atom is -0.399 e. The molecular weight excluding hydrogens is 375 g/mol. The summed E-state index contributed by atoms with van der Waals surface area (Å²) >= 11 is 1.42. The van der Waals surface area contributed by atoms with E-state index in [2.05, 4.69) is 4.98 Å². The van der Waals surface area contributed by atoms with E-state index in [1.807, 2.05) is 52.0 Å². The lowest BCUT2D eigenvalue weighted by atomic mass is 9.78. The molecule has 1 aromatic heterocycles. The molecule has 28 heavy (non-hydrogen) atoms. The highest BCUT2D eigenvalue weighted by molar-refractivity contribution is 7.13. The number of likely N-dealkylation sites (N-methyl/N-ethyl adjacent to an activating group) is 1. The summed E-state index contributed by atoms with van der Waals surface area (Å²) in [6.45, 7) is 8.64. The monoisotopic (exact) mass is 400 g/mol. The summed E-state index contributed by atoms with van der Waals surface area (Å²) in [7, 11) is 1.25. The molecule has 1 amide bonds. The van der Waals surface area contributed by atoms with E-state index in [1.54, 1.807) is 12.4 Å². The third-order valence-electron chi connectivity index (χ3n) is 6.10. The van der Waals surface area contributed by atoms with Crippen molar-refractivity contribution in [3.63, 3.8) is 0 Å². The van der Waals surface area contributed by atoms with E-state index >= 15 is 0 Å². The van der Waals surface area contributed by atoms with Crippen LogP contribution in [0.15, 0.2) is 29.6 Å². The van der Waals surface area contributed by atoms with E-state index < -0.39 is 23.9 Å². The third kappa shape index (κ3) is 2.99. The number of hydrogen-bond acceptors (Lipinski definition) is 6. The summed E-state index contributed by atoms with van der Waals surface area (Å²) in [6, 6.07) is 7.88. The lowest BCUT2D eigenvalue weighted by Gasteiger charge is -2.32. The quantitative estimate of drug-likeness (QED) is 0.800. The normalized spacial score (nSPS) is 26.3. The third-order valence-corrected chi connectivity index (χ3v) is 6.99. The first-order valence-electron chi connectivity index (χ1n) is 9.43. The molecule has 0 unspecified atom stereocenters. The van der Waals surface area contributed by atoms with Gasteiger partial charge < -0.3 is 19.3 Å². The minimum absolute atomic E-state index is 0.296. The summed E-state index contributed by atoms with van der Waals surface area (Å²) in [5.41, 5.74) is -0.0790. The number of carbonyl (C=O) groups is 1. The number of nitrogens with zero attached hydrogens (tertiary/aromatic N) is 2. The van der Waals surface area contributed by atoms with Crippen molar-refractivity contribution in [2.45, 2.75) is 50.9 Å². The molecule has 1 N–H and O–H groups in total. The van der Waals surface area contributed by atoms with E-state index in [0.29, 0.717) is 18.7 Å². The Morgan fingerprint density at radius 3 is 2.50 bits per heavy atom. The van der Waals surface area contributed by atoms with Crippen molar-refractivity contribution in [1.29, 1.82) is 0 Å². The van der Waals surface area contributed by atoms with Gasteiger partial charge in [0.1, 0.15) is 5.01 Å². The van der Waals surface area contributed by atoms with Crippen LogP contribution in [-0.2, 0) is 19.7 Å². The van der Waals surface area contributed by atoms with E-state index in [-0.39, 0.29) is 5.91 Å². The Morgan fingerprint density at radius 1 is 1.21 bits per heavy atom. The largest absolute Gasteiger partial charge is 0.494 e. The number of hydrogen-bond donors (Lipinski definition) is 1. The van der Waals surface area contributed by atoms with Crippen molar-refractivity contribution in [2.24, 2.45) is 0 Å². The average Bonchev–Trinajstić information content (AvgIpc) is 3.29. The zero-order chi connectivity index (χ0) is 20.3. The van der Waals surface area contributed by atoms with Gasteiger partial charge in [-0.05, 0) is 33.2 Å². The molecule has 3 heterocycles. The summed E-state index contributed by atoms with van der Waals surface area (Å²) in [5.74, 6) is -0.296. The molecule has 2 fully saturated rings. The second-order valence-corrected chi connectivity index (χ2v) is 9.45. The molecule has 2 aromatic rings. The zero-order valence-corrected chi connectivity index (χ0v) is 17.7. The van der Waals surface area contributed by atoms with E-state index in [4.69, 9.17) is 9.31 Å². The fraction of sp³-hybridized carbons (Fsp3) is 0.500. The fourth-order valence-electron chi connectivity index (χ4n) is 3.49. The second kappa shape index (κ2) is 6.39. The molecular formula is C20H25BN2O4S. The maximum absolute atomic E-state index is 12.3. The van der Waals surface area contributed by atoms with Crippen LogP contribution in [0, 0.1) is 0 Å². The molecule has 0 radical (unpaired) electrons. The first-order valence-corrected chi connectivity index (χ1v) is 10.3. The summed E-state index contributed by atoms with van der Waals surface area (Å²) in [4.78, 5) is 18.5. The Balaban J connectivity index is 1.62.